The van der Waals surface area contributed by atoms with Crippen molar-refractivity contribution in [1.82, 2.24) is 0 Å². The smallest absolute Gasteiger partial charge is 0.183 e. The van der Waals surface area contributed by atoms with Crippen LogP contribution in [-0.2, 0) is 4.43 Å². The lowest BCUT2D eigenvalue weighted by Crippen LogP contribution is -2.25. The van der Waals surface area contributed by atoms with Crippen molar-refractivity contribution in [3.05, 3.63) is 58.7 Å². The molecule has 0 saturated heterocycles. The van der Waals surface area contributed by atoms with Gasteiger partial charge in [0.1, 0.15) is 0 Å². The normalized spacial score (nSPS) is 20.8. The molecule has 0 aliphatic heterocycles. The fraction of sp³-hybridized carbons (Fsp3) is 0.412. The minimum atomic E-state index is -1.36. The molecule has 0 amide bonds. The van der Waals surface area contributed by atoms with Crippen molar-refractivity contribution in [3.8, 4) is 0 Å². The lowest BCUT2D eigenvalue weighted by molar-refractivity contribution is 0.316. The molecule has 0 unspecified atom stereocenters. The van der Waals surface area contributed by atoms with Gasteiger partial charge < -0.3 is 4.43 Å². The summed E-state index contributed by atoms with van der Waals surface area (Å²) in [7, 11) is -1.36. The molecule has 0 saturated carbocycles. The van der Waals surface area contributed by atoms with E-state index in [2.05, 4.69) is 63.0 Å². The topological polar surface area (TPSA) is 9.23 Å². The summed E-state index contributed by atoms with van der Waals surface area (Å²) in [6.45, 7) is 9.66. The summed E-state index contributed by atoms with van der Waals surface area (Å²) in [5.74, 6) is 0. The van der Waals surface area contributed by atoms with Crippen LogP contribution in [0, 0.1) is 0 Å². The molecule has 0 bridgehead atoms. The molecule has 0 fully saturated rings. The first-order valence-electron chi connectivity index (χ1n) is 7.08. The fourth-order valence-electron chi connectivity index (χ4n) is 2.27. The van der Waals surface area contributed by atoms with Gasteiger partial charge in [0.2, 0.25) is 0 Å². The second-order valence-corrected chi connectivity index (χ2v) is 10.6. The van der Waals surface area contributed by atoms with E-state index in [9.17, 15) is 0 Å². The van der Waals surface area contributed by atoms with Gasteiger partial charge >= 0.3 is 0 Å². The molecule has 0 spiro atoms. The molecule has 19 heavy (non-hydrogen) atoms. The average molecular weight is 272 g/mol. The molecule has 102 valence electrons. The Labute approximate surface area is 118 Å². The molecule has 2 aliphatic carbocycles. The van der Waals surface area contributed by atoms with Crippen molar-refractivity contribution in [3.63, 3.8) is 0 Å². The van der Waals surface area contributed by atoms with Gasteiger partial charge in [-0.05, 0) is 67.8 Å². The first-order chi connectivity index (χ1) is 8.98. The van der Waals surface area contributed by atoms with E-state index in [0.717, 1.165) is 19.4 Å². The van der Waals surface area contributed by atoms with Crippen molar-refractivity contribution in [1.29, 1.82) is 0 Å². The van der Waals surface area contributed by atoms with Gasteiger partial charge in [-0.1, -0.05) is 30.4 Å². The van der Waals surface area contributed by atoms with Gasteiger partial charge in [-0.3, -0.25) is 0 Å². The monoisotopic (exact) mass is 272 g/mol. The van der Waals surface area contributed by atoms with Gasteiger partial charge in [0, 0.05) is 6.61 Å². The van der Waals surface area contributed by atoms with E-state index in [0.29, 0.717) is 0 Å². The van der Waals surface area contributed by atoms with Crippen molar-refractivity contribution >= 4 is 8.32 Å². The molecule has 0 aromatic rings. The highest BCUT2D eigenvalue weighted by Gasteiger charge is 2.15. The first-order valence-corrected chi connectivity index (χ1v) is 10.5. The Hall–Kier alpha value is -1.12. The van der Waals surface area contributed by atoms with Gasteiger partial charge in [-0.15, -0.1) is 0 Å². The lowest BCUT2D eigenvalue weighted by atomic mass is 10.1. The second kappa shape index (κ2) is 5.89. The van der Waals surface area contributed by atoms with Crippen LogP contribution >= 0.6 is 0 Å². The Morgan fingerprint density at radius 1 is 1.21 bits per heavy atom. The summed E-state index contributed by atoms with van der Waals surface area (Å²) in [6, 6.07) is 0. The lowest BCUT2D eigenvalue weighted by Gasteiger charge is -2.16. The highest BCUT2D eigenvalue weighted by molar-refractivity contribution is 6.69. The summed E-state index contributed by atoms with van der Waals surface area (Å²) in [6.07, 6.45) is 15.6. The third-order valence-electron chi connectivity index (χ3n) is 3.35. The molecular formula is C17H24OSi. The predicted molar refractivity (Wildman–Crippen MR) is 85.7 cm³/mol. The highest BCUT2D eigenvalue weighted by Crippen LogP contribution is 2.30. The maximum absolute atomic E-state index is 5.92. The van der Waals surface area contributed by atoms with Crippen LogP contribution in [0.3, 0.4) is 0 Å². The third-order valence-corrected chi connectivity index (χ3v) is 4.42. The maximum atomic E-state index is 5.92. The Morgan fingerprint density at radius 2 is 2.00 bits per heavy atom. The molecule has 0 aromatic heterocycles. The summed E-state index contributed by atoms with van der Waals surface area (Å²) >= 11 is 0. The van der Waals surface area contributed by atoms with E-state index in [1.165, 1.54) is 22.3 Å². The molecule has 0 atom stereocenters. The van der Waals surface area contributed by atoms with E-state index >= 15 is 0 Å². The third kappa shape index (κ3) is 4.18. The summed E-state index contributed by atoms with van der Waals surface area (Å²) in [5.41, 5.74) is 5.55. The Kier molecular flexibility index (Phi) is 4.43. The Morgan fingerprint density at radius 3 is 2.63 bits per heavy atom. The molecule has 0 heterocycles. The summed E-state index contributed by atoms with van der Waals surface area (Å²) in [5, 5.41) is 0. The van der Waals surface area contributed by atoms with Crippen molar-refractivity contribution in [2.45, 2.75) is 39.4 Å². The Bertz CT molecular complexity index is 496. The van der Waals surface area contributed by atoms with E-state index in [4.69, 9.17) is 4.43 Å². The average Bonchev–Trinajstić information content (AvgIpc) is 2.94. The van der Waals surface area contributed by atoms with Crippen LogP contribution < -0.4 is 0 Å². The van der Waals surface area contributed by atoms with Crippen molar-refractivity contribution in [2.24, 2.45) is 0 Å². The SMILES string of the molecule is CC=C1C=CC(C2=CC(CCO[Si](C)(C)C)=CC2)=C1. The fourth-order valence-corrected chi connectivity index (χ4v) is 2.99. The molecule has 1 nitrogen and oxygen atoms in total. The van der Waals surface area contributed by atoms with E-state index in [1.807, 2.05) is 0 Å². The van der Waals surface area contributed by atoms with Crippen LogP contribution in [0.2, 0.25) is 19.6 Å². The largest absolute Gasteiger partial charge is 0.417 e. The van der Waals surface area contributed by atoms with Crippen molar-refractivity contribution < 1.29 is 4.43 Å². The van der Waals surface area contributed by atoms with Crippen LogP contribution in [0.4, 0.5) is 0 Å². The van der Waals surface area contributed by atoms with Crippen LogP contribution in [-0.4, -0.2) is 14.9 Å². The number of hydrogen-bond acceptors (Lipinski definition) is 1. The standard InChI is InChI=1S/C17H24OSi/c1-5-14-6-8-16(12-14)17-9-7-15(13-17)10-11-18-19(2,3)4/h5-8,12-13H,9-11H2,1-4H3. The maximum Gasteiger partial charge on any atom is 0.183 e. The first kappa shape index (κ1) is 14.3. The quantitative estimate of drug-likeness (QED) is 0.645. The minimum Gasteiger partial charge on any atom is -0.417 e. The molecule has 2 heteroatoms. The molecule has 2 rings (SSSR count). The molecular weight excluding hydrogens is 248 g/mol. The minimum absolute atomic E-state index is 0.861. The number of rotatable bonds is 5. The van der Waals surface area contributed by atoms with Crippen LogP contribution in [0.5, 0.6) is 0 Å². The predicted octanol–water partition coefficient (Wildman–Crippen LogP) is 4.93. The van der Waals surface area contributed by atoms with Gasteiger partial charge in [0.25, 0.3) is 0 Å². The van der Waals surface area contributed by atoms with Crippen LogP contribution in [0.15, 0.2) is 58.7 Å². The van der Waals surface area contributed by atoms with Gasteiger partial charge in [-0.2, -0.15) is 0 Å². The zero-order valence-corrected chi connectivity index (χ0v) is 13.5. The van der Waals surface area contributed by atoms with E-state index in [1.54, 1.807) is 0 Å². The van der Waals surface area contributed by atoms with Gasteiger partial charge in [-0.25, -0.2) is 0 Å². The Balaban J connectivity index is 1.89. The molecule has 2 aliphatic rings. The molecule has 0 radical (unpaired) electrons. The summed E-state index contributed by atoms with van der Waals surface area (Å²) in [4.78, 5) is 0. The zero-order valence-electron chi connectivity index (χ0n) is 12.5. The number of allylic oxidation sites excluding steroid dienone is 9. The van der Waals surface area contributed by atoms with Gasteiger partial charge in [0.05, 0.1) is 0 Å². The molecule has 0 aromatic carbocycles. The van der Waals surface area contributed by atoms with Crippen LogP contribution in [0.25, 0.3) is 0 Å². The molecule has 0 N–H and O–H groups in total. The van der Waals surface area contributed by atoms with Crippen molar-refractivity contribution in [2.75, 3.05) is 6.61 Å². The van der Waals surface area contributed by atoms with Crippen LogP contribution in [0.1, 0.15) is 19.8 Å². The van der Waals surface area contributed by atoms with Gasteiger partial charge in [0.15, 0.2) is 8.32 Å². The van der Waals surface area contributed by atoms with E-state index in [-0.39, 0.29) is 0 Å². The highest BCUT2D eigenvalue weighted by atomic mass is 28.4. The second-order valence-electron chi connectivity index (χ2n) is 6.09. The van der Waals surface area contributed by atoms with E-state index < -0.39 is 8.32 Å². The zero-order chi connectivity index (χ0) is 13.9. The number of hydrogen-bond donors (Lipinski definition) is 0. The summed E-state index contributed by atoms with van der Waals surface area (Å²) < 4.78 is 5.92.